The first-order chi connectivity index (χ1) is 11.3. The van der Waals surface area contributed by atoms with Crippen LogP contribution in [0.25, 0.3) is 0 Å². The normalized spacial score (nSPS) is 25.0. The molecule has 1 fully saturated rings. The largest absolute Gasteiger partial charge is 0.449 e. The maximum atomic E-state index is 13.3. The number of carbonyl (C=O) groups is 2. The molecule has 132 valence electrons. The fourth-order valence-electron chi connectivity index (χ4n) is 3.02. The van der Waals surface area contributed by atoms with Crippen LogP contribution in [0.1, 0.15) is 50.4 Å². The minimum Gasteiger partial charge on any atom is -0.449 e. The zero-order valence-corrected chi connectivity index (χ0v) is 15.7. The fourth-order valence-corrected chi connectivity index (χ4v) is 3.43. The number of ether oxygens (including phenoxy) is 1. The van der Waals surface area contributed by atoms with Gasteiger partial charge in [-0.25, -0.2) is 9.18 Å². The average molecular weight is 400 g/mol. The van der Waals surface area contributed by atoms with E-state index >= 15 is 0 Å². The van der Waals surface area contributed by atoms with Crippen LogP contribution in [0.3, 0.4) is 0 Å². The molecule has 1 aromatic carbocycles. The molecule has 0 aliphatic heterocycles. The summed E-state index contributed by atoms with van der Waals surface area (Å²) in [5.74, 6) is -0.628. The second-order valence-corrected chi connectivity index (χ2v) is 7.41. The van der Waals surface area contributed by atoms with Crippen LogP contribution in [0.15, 0.2) is 22.7 Å². The molecule has 4 atom stereocenters. The second-order valence-electron chi connectivity index (χ2n) is 6.55. The predicted octanol–water partition coefficient (Wildman–Crippen LogP) is 4.07. The zero-order chi connectivity index (χ0) is 17.9. The Morgan fingerprint density at radius 1 is 1.33 bits per heavy atom. The van der Waals surface area contributed by atoms with E-state index in [4.69, 9.17) is 4.74 Å². The molecule has 0 spiro atoms. The van der Waals surface area contributed by atoms with Crippen LogP contribution in [0.5, 0.6) is 0 Å². The average Bonchev–Trinajstić information content (AvgIpc) is 2.53. The number of nitrogens with one attached hydrogen (secondary N) is 1. The van der Waals surface area contributed by atoms with Crippen LogP contribution < -0.4 is 5.32 Å². The van der Waals surface area contributed by atoms with Gasteiger partial charge in [0.1, 0.15) is 5.82 Å². The van der Waals surface area contributed by atoms with E-state index < -0.39 is 17.9 Å². The Bertz CT molecular complexity index is 622. The molecular weight excluding hydrogens is 377 g/mol. The molecule has 4 nitrogen and oxygen atoms in total. The van der Waals surface area contributed by atoms with Gasteiger partial charge in [-0.2, -0.15) is 0 Å². The maximum Gasteiger partial charge on any atom is 0.340 e. The molecule has 1 aliphatic carbocycles. The molecular formula is C18H23BrFNO3. The third-order valence-electron chi connectivity index (χ3n) is 4.84. The predicted molar refractivity (Wildman–Crippen MR) is 93.1 cm³/mol. The van der Waals surface area contributed by atoms with Crippen molar-refractivity contribution < 1.29 is 18.7 Å². The summed E-state index contributed by atoms with van der Waals surface area (Å²) in [7, 11) is 0. The molecule has 6 heteroatoms. The van der Waals surface area contributed by atoms with E-state index in [9.17, 15) is 14.0 Å². The van der Waals surface area contributed by atoms with Gasteiger partial charge in [-0.15, -0.1) is 0 Å². The van der Waals surface area contributed by atoms with E-state index in [0.717, 1.165) is 18.9 Å². The summed E-state index contributed by atoms with van der Waals surface area (Å²) in [6.07, 6.45) is 2.26. The lowest BCUT2D eigenvalue weighted by atomic mass is 9.78. The van der Waals surface area contributed by atoms with Crippen molar-refractivity contribution in [3.63, 3.8) is 0 Å². The van der Waals surface area contributed by atoms with E-state index in [1.807, 2.05) is 0 Å². The quantitative estimate of drug-likeness (QED) is 0.776. The van der Waals surface area contributed by atoms with Crippen LogP contribution >= 0.6 is 15.9 Å². The molecule has 0 radical (unpaired) electrons. The van der Waals surface area contributed by atoms with Crippen LogP contribution in [-0.2, 0) is 9.53 Å². The Labute approximate surface area is 150 Å². The first-order valence-corrected chi connectivity index (χ1v) is 9.05. The first-order valence-electron chi connectivity index (χ1n) is 8.26. The Kier molecular flexibility index (Phi) is 6.38. The van der Waals surface area contributed by atoms with E-state index in [2.05, 4.69) is 35.1 Å². The van der Waals surface area contributed by atoms with Crippen molar-refractivity contribution in [3.05, 3.63) is 34.1 Å². The van der Waals surface area contributed by atoms with Gasteiger partial charge < -0.3 is 10.1 Å². The van der Waals surface area contributed by atoms with Crippen molar-refractivity contribution >= 4 is 27.8 Å². The summed E-state index contributed by atoms with van der Waals surface area (Å²) in [6, 6.07) is 3.86. The zero-order valence-electron chi connectivity index (χ0n) is 14.1. The number of halogens is 2. The van der Waals surface area contributed by atoms with Crippen molar-refractivity contribution in [2.75, 3.05) is 0 Å². The van der Waals surface area contributed by atoms with Crippen LogP contribution in [0.2, 0.25) is 0 Å². The fraction of sp³-hybridized carbons (Fsp3) is 0.556. The molecule has 2 rings (SSSR count). The van der Waals surface area contributed by atoms with E-state index in [1.165, 1.54) is 25.5 Å². The topological polar surface area (TPSA) is 55.4 Å². The first kappa shape index (κ1) is 18.9. The number of benzene rings is 1. The van der Waals surface area contributed by atoms with E-state index in [-0.39, 0.29) is 17.5 Å². The van der Waals surface area contributed by atoms with E-state index in [0.29, 0.717) is 16.3 Å². The van der Waals surface area contributed by atoms with Gasteiger partial charge in [0.2, 0.25) is 0 Å². The van der Waals surface area contributed by atoms with Crippen LogP contribution in [0, 0.1) is 17.7 Å². The number of hydrogen-bond donors (Lipinski definition) is 1. The lowest BCUT2D eigenvalue weighted by Gasteiger charge is -2.35. The third kappa shape index (κ3) is 4.56. The molecule has 0 unspecified atom stereocenters. The standard InChI is InChI=1S/C18H23BrFNO3/c1-10-5-4-6-16(11(10)2)21-17(22)12(3)24-18(23)14-9-13(20)7-8-15(14)19/h7-12,16H,4-6H2,1-3H3,(H,21,22)/t10-,11-,12-,16+/m1/s1. The summed E-state index contributed by atoms with van der Waals surface area (Å²) in [4.78, 5) is 24.5. The van der Waals surface area contributed by atoms with Crippen molar-refractivity contribution in [2.24, 2.45) is 11.8 Å². The van der Waals surface area contributed by atoms with Crippen molar-refractivity contribution in [1.82, 2.24) is 5.32 Å². The Balaban J connectivity index is 1.96. The molecule has 1 saturated carbocycles. The molecule has 0 heterocycles. The highest BCUT2D eigenvalue weighted by Gasteiger charge is 2.30. The third-order valence-corrected chi connectivity index (χ3v) is 5.53. The van der Waals surface area contributed by atoms with Gasteiger partial charge in [-0.3, -0.25) is 4.79 Å². The highest BCUT2D eigenvalue weighted by atomic mass is 79.9. The molecule has 0 saturated heterocycles. The number of carbonyl (C=O) groups excluding carboxylic acids is 2. The van der Waals surface area contributed by atoms with Gasteiger partial charge in [-0.1, -0.05) is 26.7 Å². The summed E-state index contributed by atoms with van der Waals surface area (Å²) in [5, 5.41) is 2.98. The summed E-state index contributed by atoms with van der Waals surface area (Å²) >= 11 is 3.18. The summed E-state index contributed by atoms with van der Waals surface area (Å²) in [5.41, 5.74) is 0.0642. The SMILES string of the molecule is C[C@@H]1[C@H](C)CCC[C@@H]1NC(=O)[C@@H](C)OC(=O)c1cc(F)ccc1Br. The number of hydrogen-bond acceptors (Lipinski definition) is 3. The smallest absolute Gasteiger partial charge is 0.340 e. The Hall–Kier alpha value is -1.43. The monoisotopic (exact) mass is 399 g/mol. The lowest BCUT2D eigenvalue weighted by molar-refractivity contribution is -0.130. The van der Waals surface area contributed by atoms with Gasteiger partial charge in [0, 0.05) is 10.5 Å². The molecule has 0 aromatic heterocycles. The molecule has 1 amide bonds. The van der Waals surface area contributed by atoms with E-state index in [1.54, 1.807) is 0 Å². The van der Waals surface area contributed by atoms with Crippen LogP contribution in [-0.4, -0.2) is 24.0 Å². The van der Waals surface area contributed by atoms with Crippen LogP contribution in [0.4, 0.5) is 4.39 Å². The highest BCUT2D eigenvalue weighted by Crippen LogP contribution is 2.29. The minimum atomic E-state index is -0.933. The minimum absolute atomic E-state index is 0.0642. The van der Waals surface area contributed by atoms with Gasteiger partial charge >= 0.3 is 5.97 Å². The summed E-state index contributed by atoms with van der Waals surface area (Å²) < 4.78 is 18.9. The van der Waals surface area contributed by atoms with Crippen molar-refractivity contribution in [2.45, 2.75) is 52.2 Å². The van der Waals surface area contributed by atoms with Crippen molar-refractivity contribution in [1.29, 1.82) is 0 Å². The number of amides is 1. The number of esters is 1. The molecule has 1 aliphatic rings. The molecule has 1 aromatic rings. The van der Waals surface area contributed by atoms with Gasteiger partial charge in [0.25, 0.3) is 5.91 Å². The molecule has 0 bridgehead atoms. The second kappa shape index (κ2) is 8.10. The summed E-state index contributed by atoms with van der Waals surface area (Å²) in [6.45, 7) is 5.85. The number of rotatable bonds is 4. The van der Waals surface area contributed by atoms with Crippen molar-refractivity contribution in [3.8, 4) is 0 Å². The van der Waals surface area contributed by atoms with Gasteiger partial charge in [-0.05, 0) is 59.3 Å². The van der Waals surface area contributed by atoms with Gasteiger partial charge in [0.15, 0.2) is 6.10 Å². The Morgan fingerprint density at radius 3 is 2.75 bits per heavy atom. The molecule has 1 N–H and O–H groups in total. The van der Waals surface area contributed by atoms with Gasteiger partial charge in [0.05, 0.1) is 5.56 Å². The Morgan fingerprint density at radius 2 is 2.04 bits per heavy atom. The molecule has 24 heavy (non-hydrogen) atoms. The highest BCUT2D eigenvalue weighted by molar-refractivity contribution is 9.10. The maximum absolute atomic E-state index is 13.3. The lowest BCUT2D eigenvalue weighted by Crippen LogP contribution is -2.47.